The largest absolute Gasteiger partial charge is 0.507 e. The van der Waals surface area contributed by atoms with Gasteiger partial charge >= 0.3 is 0 Å². The zero-order chi connectivity index (χ0) is 24.5. The first-order chi connectivity index (χ1) is 15.4. The van der Waals surface area contributed by atoms with Gasteiger partial charge in [-0.1, -0.05) is 71.4 Å². The van der Waals surface area contributed by atoms with Crippen molar-refractivity contribution in [3.05, 3.63) is 64.7 Å². The molecule has 0 aromatic heterocycles. The lowest BCUT2D eigenvalue weighted by Gasteiger charge is -2.30. The molecule has 2 aromatic rings. The lowest BCUT2D eigenvalue weighted by Crippen LogP contribution is -2.30. The van der Waals surface area contributed by atoms with E-state index in [4.69, 9.17) is 0 Å². The monoisotopic (exact) mass is 447 g/mol. The number of allylic oxidation sites excluding steroid dienone is 1. The van der Waals surface area contributed by atoms with Crippen molar-refractivity contribution in [2.75, 3.05) is 4.90 Å². The van der Waals surface area contributed by atoms with Crippen molar-refractivity contribution < 1.29 is 14.7 Å². The fourth-order valence-corrected chi connectivity index (χ4v) is 4.25. The van der Waals surface area contributed by atoms with Crippen LogP contribution < -0.4 is 4.90 Å². The van der Waals surface area contributed by atoms with Crippen molar-refractivity contribution in [1.82, 2.24) is 0 Å². The zero-order valence-electron chi connectivity index (χ0n) is 21.0. The van der Waals surface area contributed by atoms with Gasteiger partial charge in [-0.05, 0) is 66.0 Å². The molecule has 1 unspecified atom stereocenters. The van der Waals surface area contributed by atoms with Crippen LogP contribution in [-0.4, -0.2) is 16.9 Å². The van der Waals surface area contributed by atoms with Crippen LogP contribution in [0.2, 0.25) is 0 Å². The summed E-state index contributed by atoms with van der Waals surface area (Å²) in [5, 5.41) is 10.4. The van der Waals surface area contributed by atoms with Gasteiger partial charge in [0.15, 0.2) is 0 Å². The summed E-state index contributed by atoms with van der Waals surface area (Å²) in [6.07, 6.45) is 2.64. The highest BCUT2D eigenvalue weighted by molar-refractivity contribution is 6.21. The standard InChI is InChI=1S/C29H37NO3/c1-18(2)21-8-11-25(12-9-21)30-27(32)17-23(28(30)33)15-20(5)14-22-16-24(10-13-26(22)31)29(6,7)19(3)4/h8-14,16,18-19,23,31H,15,17H2,1-7H3/b20-14+. The summed E-state index contributed by atoms with van der Waals surface area (Å²) in [4.78, 5) is 27.1. The van der Waals surface area contributed by atoms with Crippen LogP contribution in [0.5, 0.6) is 5.75 Å². The van der Waals surface area contributed by atoms with Crippen molar-refractivity contribution in [3.63, 3.8) is 0 Å². The Bertz CT molecular complexity index is 1060. The van der Waals surface area contributed by atoms with Gasteiger partial charge in [0.2, 0.25) is 11.8 Å². The summed E-state index contributed by atoms with van der Waals surface area (Å²) in [7, 11) is 0. The van der Waals surface area contributed by atoms with Crippen molar-refractivity contribution in [1.29, 1.82) is 0 Å². The van der Waals surface area contributed by atoms with Crippen LogP contribution in [0.25, 0.3) is 6.08 Å². The predicted octanol–water partition coefficient (Wildman–Crippen LogP) is 6.82. The molecule has 1 aliphatic rings. The van der Waals surface area contributed by atoms with Crippen LogP contribution >= 0.6 is 0 Å². The Morgan fingerprint density at radius 3 is 2.30 bits per heavy atom. The van der Waals surface area contributed by atoms with Crippen LogP contribution in [0.4, 0.5) is 5.69 Å². The van der Waals surface area contributed by atoms with Gasteiger partial charge in [-0.2, -0.15) is 0 Å². The minimum atomic E-state index is -0.379. The first kappa shape index (κ1) is 24.8. The molecule has 1 N–H and O–H groups in total. The Balaban J connectivity index is 1.79. The maximum absolute atomic E-state index is 13.1. The summed E-state index contributed by atoms with van der Waals surface area (Å²) in [5.41, 5.74) is 4.67. The maximum atomic E-state index is 13.1. The van der Waals surface area contributed by atoms with E-state index in [-0.39, 0.29) is 35.3 Å². The number of phenolic OH excluding ortho intramolecular Hbond substituents is 1. The highest BCUT2D eigenvalue weighted by atomic mass is 16.3. The van der Waals surface area contributed by atoms with Crippen LogP contribution in [0.1, 0.15) is 83.9 Å². The third kappa shape index (κ3) is 5.21. The second-order valence-electron chi connectivity index (χ2n) is 10.6. The number of hydrogen-bond acceptors (Lipinski definition) is 3. The van der Waals surface area contributed by atoms with Gasteiger partial charge in [0.25, 0.3) is 0 Å². The van der Waals surface area contributed by atoms with Gasteiger partial charge in [0.1, 0.15) is 5.75 Å². The maximum Gasteiger partial charge on any atom is 0.237 e. The fourth-order valence-electron chi connectivity index (χ4n) is 4.25. The molecule has 0 saturated carbocycles. The van der Waals surface area contributed by atoms with Crippen molar-refractivity contribution in [3.8, 4) is 5.75 Å². The summed E-state index contributed by atoms with van der Waals surface area (Å²) in [5.74, 6) is 0.380. The number of rotatable bonds is 7. The molecule has 0 aliphatic carbocycles. The molecule has 4 heteroatoms. The quantitative estimate of drug-likeness (QED) is 0.474. The molecular weight excluding hydrogens is 410 g/mol. The van der Waals surface area contributed by atoms with Crippen LogP contribution in [0.15, 0.2) is 48.0 Å². The number of benzene rings is 2. The molecule has 2 amide bonds. The third-order valence-electron chi connectivity index (χ3n) is 7.24. The van der Waals surface area contributed by atoms with Gasteiger partial charge in [-0.3, -0.25) is 14.5 Å². The number of hydrogen-bond donors (Lipinski definition) is 1. The molecule has 33 heavy (non-hydrogen) atoms. The molecule has 1 fully saturated rings. The number of phenols is 1. The molecule has 2 aromatic carbocycles. The van der Waals surface area contributed by atoms with E-state index in [2.05, 4.69) is 41.5 Å². The number of carbonyl (C=O) groups is 2. The number of anilines is 1. The molecule has 0 bridgehead atoms. The average molecular weight is 448 g/mol. The van der Waals surface area contributed by atoms with Crippen molar-refractivity contribution in [2.45, 2.75) is 72.6 Å². The van der Waals surface area contributed by atoms with Gasteiger partial charge < -0.3 is 5.11 Å². The molecule has 3 rings (SSSR count). The topological polar surface area (TPSA) is 57.6 Å². The van der Waals surface area contributed by atoms with Gasteiger partial charge in [-0.25, -0.2) is 0 Å². The Morgan fingerprint density at radius 1 is 1.09 bits per heavy atom. The van der Waals surface area contributed by atoms with E-state index in [1.807, 2.05) is 49.4 Å². The minimum absolute atomic E-state index is 0.0242. The summed E-state index contributed by atoms with van der Waals surface area (Å²) in [6, 6.07) is 13.4. The number of imide groups is 1. The second-order valence-corrected chi connectivity index (χ2v) is 10.6. The number of aromatic hydroxyl groups is 1. The normalized spacial score (nSPS) is 17.5. The van der Waals surface area contributed by atoms with E-state index in [0.29, 0.717) is 23.9 Å². The lowest BCUT2D eigenvalue weighted by atomic mass is 9.75. The fraction of sp³-hybridized carbons (Fsp3) is 0.448. The Morgan fingerprint density at radius 2 is 1.73 bits per heavy atom. The molecule has 0 spiro atoms. The lowest BCUT2D eigenvalue weighted by molar-refractivity contribution is -0.122. The summed E-state index contributed by atoms with van der Waals surface area (Å²) in [6.45, 7) is 15.0. The first-order valence-corrected chi connectivity index (χ1v) is 11.9. The van der Waals surface area contributed by atoms with Crippen molar-refractivity contribution >= 4 is 23.6 Å². The SMILES string of the molecule is C/C(=C\c1cc(C(C)(C)C(C)C)ccc1O)CC1CC(=O)N(c2ccc(C(C)C)cc2)C1=O. The molecule has 1 aliphatic heterocycles. The second kappa shape index (κ2) is 9.54. The number of nitrogens with zero attached hydrogens (tertiary/aromatic N) is 1. The molecule has 4 nitrogen and oxygen atoms in total. The Labute approximate surface area is 198 Å². The van der Waals surface area contributed by atoms with Gasteiger partial charge in [0, 0.05) is 12.0 Å². The predicted molar refractivity (Wildman–Crippen MR) is 135 cm³/mol. The first-order valence-electron chi connectivity index (χ1n) is 11.9. The highest BCUT2D eigenvalue weighted by Crippen LogP contribution is 2.36. The number of amides is 2. The van der Waals surface area contributed by atoms with Crippen LogP contribution in [-0.2, 0) is 15.0 Å². The summed E-state index contributed by atoms with van der Waals surface area (Å²) < 4.78 is 0. The molecule has 1 heterocycles. The van der Waals surface area contributed by atoms with E-state index in [9.17, 15) is 14.7 Å². The minimum Gasteiger partial charge on any atom is -0.507 e. The number of carbonyl (C=O) groups excluding carboxylic acids is 2. The Kier molecular flexibility index (Phi) is 7.16. The summed E-state index contributed by atoms with van der Waals surface area (Å²) >= 11 is 0. The van der Waals surface area contributed by atoms with E-state index in [1.54, 1.807) is 6.07 Å². The van der Waals surface area contributed by atoms with E-state index < -0.39 is 0 Å². The molecule has 176 valence electrons. The molecule has 1 atom stereocenters. The molecule has 1 saturated heterocycles. The smallest absolute Gasteiger partial charge is 0.237 e. The van der Waals surface area contributed by atoms with Gasteiger partial charge in [0.05, 0.1) is 11.6 Å². The van der Waals surface area contributed by atoms with E-state index in [1.165, 1.54) is 10.5 Å². The van der Waals surface area contributed by atoms with Crippen molar-refractivity contribution in [2.24, 2.45) is 11.8 Å². The van der Waals surface area contributed by atoms with Gasteiger partial charge in [-0.15, -0.1) is 0 Å². The average Bonchev–Trinajstić information content (AvgIpc) is 3.02. The van der Waals surface area contributed by atoms with E-state index in [0.717, 1.165) is 16.7 Å². The van der Waals surface area contributed by atoms with E-state index >= 15 is 0 Å². The molecular formula is C29H37NO3. The molecule has 0 radical (unpaired) electrons. The highest BCUT2D eigenvalue weighted by Gasteiger charge is 2.39. The zero-order valence-corrected chi connectivity index (χ0v) is 21.0. The third-order valence-corrected chi connectivity index (χ3v) is 7.24. The van der Waals surface area contributed by atoms with Crippen LogP contribution in [0, 0.1) is 11.8 Å². The Hall–Kier alpha value is -2.88. The van der Waals surface area contributed by atoms with Crippen LogP contribution in [0.3, 0.4) is 0 Å².